The lowest BCUT2D eigenvalue weighted by Crippen LogP contribution is -2.44. The number of anilines is 1. The second-order valence-corrected chi connectivity index (χ2v) is 5.39. The lowest BCUT2D eigenvalue weighted by molar-refractivity contribution is 0.394. The van der Waals surface area contributed by atoms with Gasteiger partial charge in [0.15, 0.2) is 5.96 Å². The van der Waals surface area contributed by atoms with Crippen LogP contribution in [0.1, 0.15) is 6.42 Å². The summed E-state index contributed by atoms with van der Waals surface area (Å²) >= 11 is 0. The van der Waals surface area contributed by atoms with Crippen LogP contribution >= 0.6 is 0 Å². The number of nitrogens with zero attached hydrogens (tertiary/aromatic N) is 2. The van der Waals surface area contributed by atoms with Gasteiger partial charge in [0.2, 0.25) is 0 Å². The van der Waals surface area contributed by atoms with Gasteiger partial charge in [0.05, 0.1) is 14.2 Å². The van der Waals surface area contributed by atoms with Crippen molar-refractivity contribution < 1.29 is 9.47 Å². The van der Waals surface area contributed by atoms with E-state index in [2.05, 4.69) is 27.1 Å². The Morgan fingerprint density at radius 1 is 1.35 bits per heavy atom. The Bertz CT molecular complexity index is 537. The number of methoxy groups -OCH3 is 2. The summed E-state index contributed by atoms with van der Waals surface area (Å²) in [4.78, 5) is 6.55. The molecule has 1 aromatic rings. The second kappa shape index (κ2) is 8.31. The van der Waals surface area contributed by atoms with Gasteiger partial charge in [-0.05, 0) is 6.42 Å². The summed E-state index contributed by atoms with van der Waals surface area (Å²) in [6.45, 7) is 6.29. The van der Waals surface area contributed by atoms with Crippen molar-refractivity contribution >= 4 is 11.6 Å². The third-order valence-electron chi connectivity index (χ3n) is 3.87. The summed E-state index contributed by atoms with van der Waals surface area (Å²) in [5, 5.41) is 6.64. The number of nitrogens with one attached hydrogen (secondary N) is 2. The molecule has 0 saturated carbocycles. The van der Waals surface area contributed by atoms with Gasteiger partial charge in [0.25, 0.3) is 0 Å². The average molecular weight is 318 g/mol. The van der Waals surface area contributed by atoms with Crippen molar-refractivity contribution in [2.45, 2.75) is 12.5 Å². The minimum absolute atomic E-state index is 0.350. The van der Waals surface area contributed by atoms with Crippen LogP contribution in [-0.2, 0) is 0 Å². The quantitative estimate of drug-likeness (QED) is 0.474. The third kappa shape index (κ3) is 4.55. The van der Waals surface area contributed by atoms with Crippen LogP contribution in [0.5, 0.6) is 11.5 Å². The molecule has 1 atom stereocenters. The predicted molar refractivity (Wildman–Crippen MR) is 94.9 cm³/mol. The van der Waals surface area contributed by atoms with Crippen molar-refractivity contribution in [3.8, 4) is 11.5 Å². The Labute approximate surface area is 138 Å². The number of aliphatic imine (C=N–C) groups is 1. The van der Waals surface area contributed by atoms with Gasteiger partial charge in [-0.1, -0.05) is 6.08 Å². The summed E-state index contributed by atoms with van der Waals surface area (Å²) in [6.07, 6.45) is 2.87. The van der Waals surface area contributed by atoms with Crippen LogP contribution in [0.15, 0.2) is 35.8 Å². The zero-order valence-electron chi connectivity index (χ0n) is 14.1. The van der Waals surface area contributed by atoms with Crippen LogP contribution in [0.25, 0.3) is 0 Å². The zero-order chi connectivity index (χ0) is 16.7. The molecule has 0 amide bonds. The van der Waals surface area contributed by atoms with E-state index in [1.165, 1.54) is 0 Å². The largest absolute Gasteiger partial charge is 0.497 e. The highest BCUT2D eigenvalue weighted by Gasteiger charge is 2.24. The number of ether oxygens (including phenoxy) is 2. The summed E-state index contributed by atoms with van der Waals surface area (Å²) in [5.41, 5.74) is 1.11. The van der Waals surface area contributed by atoms with E-state index < -0.39 is 0 Å². The number of benzene rings is 1. The predicted octanol–water partition coefficient (Wildman–Crippen LogP) is 1.63. The molecular weight excluding hydrogens is 292 g/mol. The van der Waals surface area contributed by atoms with E-state index in [9.17, 15) is 0 Å². The lowest BCUT2D eigenvalue weighted by Gasteiger charge is -2.21. The van der Waals surface area contributed by atoms with Crippen LogP contribution in [0.3, 0.4) is 0 Å². The molecule has 1 fully saturated rings. The summed E-state index contributed by atoms with van der Waals surface area (Å²) in [5.74, 6) is 2.42. The molecule has 126 valence electrons. The van der Waals surface area contributed by atoms with Gasteiger partial charge in [-0.2, -0.15) is 0 Å². The molecule has 0 bridgehead atoms. The fraction of sp³-hybridized carbons (Fsp3) is 0.471. The maximum atomic E-state index is 5.35. The number of guanidine groups is 1. The summed E-state index contributed by atoms with van der Waals surface area (Å²) < 4.78 is 10.7. The Kier molecular flexibility index (Phi) is 6.14. The summed E-state index contributed by atoms with van der Waals surface area (Å²) in [6, 6.07) is 6.31. The summed E-state index contributed by atoms with van der Waals surface area (Å²) in [7, 11) is 5.11. The molecule has 1 heterocycles. The van der Waals surface area contributed by atoms with Gasteiger partial charge in [0, 0.05) is 56.6 Å². The van der Waals surface area contributed by atoms with Crippen LogP contribution < -0.4 is 25.0 Å². The molecule has 1 aromatic carbocycles. The highest BCUT2D eigenvalue weighted by atomic mass is 16.5. The highest BCUT2D eigenvalue weighted by molar-refractivity contribution is 5.80. The van der Waals surface area contributed by atoms with Crippen LogP contribution in [0.2, 0.25) is 0 Å². The SMILES string of the molecule is C=CCNC(=NC)NC1CCN(c2cc(OC)cc(OC)c2)C1. The molecule has 2 N–H and O–H groups in total. The van der Waals surface area contributed by atoms with Crippen molar-refractivity contribution in [2.24, 2.45) is 4.99 Å². The molecule has 1 unspecified atom stereocenters. The lowest BCUT2D eigenvalue weighted by atomic mass is 10.2. The first-order chi connectivity index (χ1) is 11.2. The molecule has 0 radical (unpaired) electrons. The van der Waals surface area contributed by atoms with E-state index in [0.29, 0.717) is 12.6 Å². The van der Waals surface area contributed by atoms with E-state index in [4.69, 9.17) is 9.47 Å². The topological polar surface area (TPSA) is 58.1 Å². The van der Waals surface area contributed by atoms with Gasteiger partial charge < -0.3 is 25.0 Å². The molecule has 23 heavy (non-hydrogen) atoms. The van der Waals surface area contributed by atoms with Crippen LogP contribution in [-0.4, -0.2) is 52.9 Å². The molecule has 2 rings (SSSR count). The number of hydrogen-bond donors (Lipinski definition) is 2. The number of rotatable bonds is 6. The molecule has 0 aliphatic carbocycles. The van der Waals surface area contributed by atoms with Crippen molar-refractivity contribution in [3.63, 3.8) is 0 Å². The Hall–Kier alpha value is -2.37. The maximum absolute atomic E-state index is 5.35. The number of hydrogen-bond acceptors (Lipinski definition) is 4. The minimum Gasteiger partial charge on any atom is -0.497 e. The molecular formula is C17H26N4O2. The third-order valence-corrected chi connectivity index (χ3v) is 3.87. The first-order valence-corrected chi connectivity index (χ1v) is 7.76. The molecule has 1 saturated heterocycles. The van der Waals surface area contributed by atoms with E-state index >= 15 is 0 Å². The van der Waals surface area contributed by atoms with Crippen LogP contribution in [0.4, 0.5) is 5.69 Å². The first kappa shape index (κ1) is 17.0. The van der Waals surface area contributed by atoms with Crippen molar-refractivity contribution in [1.82, 2.24) is 10.6 Å². The normalized spacial score (nSPS) is 17.8. The minimum atomic E-state index is 0.350. The molecule has 6 nitrogen and oxygen atoms in total. The van der Waals surface area contributed by atoms with Crippen molar-refractivity contribution in [2.75, 3.05) is 45.8 Å². The van der Waals surface area contributed by atoms with Gasteiger partial charge in [0.1, 0.15) is 11.5 Å². The molecule has 0 spiro atoms. The van der Waals surface area contributed by atoms with E-state index in [1.807, 2.05) is 24.3 Å². The Balaban J connectivity index is 2.00. The highest BCUT2D eigenvalue weighted by Crippen LogP contribution is 2.30. The zero-order valence-corrected chi connectivity index (χ0v) is 14.1. The van der Waals surface area contributed by atoms with Gasteiger partial charge in [-0.3, -0.25) is 4.99 Å². The molecule has 0 aromatic heterocycles. The Morgan fingerprint density at radius 3 is 2.61 bits per heavy atom. The van der Waals surface area contributed by atoms with E-state index in [-0.39, 0.29) is 0 Å². The van der Waals surface area contributed by atoms with E-state index in [0.717, 1.165) is 42.7 Å². The van der Waals surface area contributed by atoms with E-state index in [1.54, 1.807) is 21.3 Å². The Morgan fingerprint density at radius 2 is 2.04 bits per heavy atom. The van der Waals surface area contributed by atoms with Gasteiger partial charge in [-0.25, -0.2) is 0 Å². The molecule has 6 heteroatoms. The first-order valence-electron chi connectivity index (χ1n) is 7.76. The monoisotopic (exact) mass is 318 g/mol. The maximum Gasteiger partial charge on any atom is 0.191 e. The average Bonchev–Trinajstić information content (AvgIpc) is 3.06. The standard InChI is InChI=1S/C17H26N4O2/c1-5-7-19-17(18-2)20-13-6-8-21(12-13)14-9-15(22-3)11-16(10-14)23-4/h5,9-11,13H,1,6-8,12H2,2-4H3,(H2,18,19,20). The fourth-order valence-electron chi connectivity index (χ4n) is 2.64. The van der Waals surface area contributed by atoms with Crippen LogP contribution in [0, 0.1) is 0 Å². The van der Waals surface area contributed by atoms with Gasteiger partial charge >= 0.3 is 0 Å². The fourth-order valence-corrected chi connectivity index (χ4v) is 2.64. The second-order valence-electron chi connectivity index (χ2n) is 5.39. The molecule has 1 aliphatic heterocycles. The van der Waals surface area contributed by atoms with Crippen molar-refractivity contribution in [3.05, 3.63) is 30.9 Å². The van der Waals surface area contributed by atoms with Gasteiger partial charge in [-0.15, -0.1) is 6.58 Å². The van der Waals surface area contributed by atoms with Crippen molar-refractivity contribution in [1.29, 1.82) is 0 Å². The smallest absolute Gasteiger partial charge is 0.191 e. The molecule has 1 aliphatic rings.